The lowest BCUT2D eigenvalue weighted by atomic mass is 9.95. The molecular formula is C24H28F3N5O. The first-order valence-electron chi connectivity index (χ1n) is 11.6. The van der Waals surface area contributed by atoms with Crippen molar-refractivity contribution in [2.75, 3.05) is 31.1 Å². The van der Waals surface area contributed by atoms with Crippen molar-refractivity contribution in [1.82, 2.24) is 20.0 Å². The summed E-state index contributed by atoms with van der Waals surface area (Å²) in [7, 11) is 0. The molecule has 2 fully saturated rings. The Morgan fingerprint density at radius 3 is 2.42 bits per heavy atom. The zero-order chi connectivity index (χ0) is 23.0. The highest BCUT2D eigenvalue weighted by Gasteiger charge is 2.33. The van der Waals surface area contributed by atoms with Gasteiger partial charge in [0, 0.05) is 50.4 Å². The van der Waals surface area contributed by atoms with E-state index in [4.69, 9.17) is 4.52 Å². The second kappa shape index (κ2) is 8.93. The number of halogens is 3. The van der Waals surface area contributed by atoms with E-state index in [1.54, 1.807) is 12.3 Å². The van der Waals surface area contributed by atoms with Crippen LogP contribution in [0.4, 0.5) is 19.0 Å². The van der Waals surface area contributed by atoms with Crippen LogP contribution in [0.25, 0.3) is 10.9 Å². The Bertz CT molecular complexity index is 1100. The van der Waals surface area contributed by atoms with Gasteiger partial charge in [-0.3, -0.25) is 4.90 Å². The summed E-state index contributed by atoms with van der Waals surface area (Å²) in [5, 5.41) is 4.84. The van der Waals surface area contributed by atoms with Crippen LogP contribution in [0.5, 0.6) is 0 Å². The second-order valence-corrected chi connectivity index (χ2v) is 9.39. The third-order valence-corrected chi connectivity index (χ3v) is 6.59. The molecule has 0 aromatic carbocycles. The Labute approximate surface area is 190 Å². The van der Waals surface area contributed by atoms with Gasteiger partial charge in [-0.15, -0.1) is 0 Å². The van der Waals surface area contributed by atoms with Crippen molar-refractivity contribution < 1.29 is 17.7 Å². The van der Waals surface area contributed by atoms with Crippen LogP contribution < -0.4 is 4.90 Å². The predicted octanol–water partition coefficient (Wildman–Crippen LogP) is 5.07. The fourth-order valence-corrected chi connectivity index (χ4v) is 4.73. The highest BCUT2D eigenvalue weighted by atomic mass is 19.4. The molecule has 0 amide bonds. The molecule has 1 aliphatic heterocycles. The van der Waals surface area contributed by atoms with Crippen molar-refractivity contribution in [2.24, 2.45) is 11.8 Å². The van der Waals surface area contributed by atoms with Crippen LogP contribution in [0.1, 0.15) is 42.8 Å². The fraction of sp³-hybridized carbons (Fsp3) is 0.542. The van der Waals surface area contributed by atoms with E-state index in [1.165, 1.54) is 18.9 Å². The lowest BCUT2D eigenvalue weighted by Gasteiger charge is -2.35. The van der Waals surface area contributed by atoms with Gasteiger partial charge in [0.15, 0.2) is 0 Å². The van der Waals surface area contributed by atoms with Gasteiger partial charge in [-0.25, -0.2) is 9.97 Å². The van der Waals surface area contributed by atoms with E-state index in [2.05, 4.69) is 24.9 Å². The van der Waals surface area contributed by atoms with Crippen LogP contribution in [0.15, 0.2) is 35.0 Å². The van der Waals surface area contributed by atoms with Gasteiger partial charge in [-0.05, 0) is 62.6 Å². The van der Waals surface area contributed by atoms with E-state index >= 15 is 0 Å². The maximum absolute atomic E-state index is 13.0. The summed E-state index contributed by atoms with van der Waals surface area (Å²) in [6, 6.07) is 6.09. The first kappa shape index (κ1) is 22.1. The molecule has 9 heteroatoms. The molecule has 0 atom stereocenters. The maximum atomic E-state index is 13.0. The Hall–Kier alpha value is -2.68. The number of alkyl halides is 3. The monoisotopic (exact) mass is 459 g/mol. The number of hydrogen-bond acceptors (Lipinski definition) is 6. The van der Waals surface area contributed by atoms with Gasteiger partial charge < -0.3 is 9.42 Å². The molecule has 33 heavy (non-hydrogen) atoms. The average Bonchev–Trinajstić information content (AvgIpc) is 3.51. The molecule has 0 N–H and O–H groups in total. The van der Waals surface area contributed by atoms with Crippen molar-refractivity contribution in [3.05, 3.63) is 47.6 Å². The van der Waals surface area contributed by atoms with Crippen LogP contribution in [-0.2, 0) is 12.7 Å². The van der Waals surface area contributed by atoms with Crippen LogP contribution in [-0.4, -0.2) is 46.2 Å². The number of aryl methyl sites for hydroxylation is 1. The molecular weight excluding hydrogens is 431 g/mol. The third kappa shape index (κ3) is 5.29. The molecule has 2 aliphatic rings. The zero-order valence-electron chi connectivity index (χ0n) is 18.7. The fourth-order valence-electron chi connectivity index (χ4n) is 4.73. The van der Waals surface area contributed by atoms with E-state index in [0.717, 1.165) is 74.8 Å². The third-order valence-electron chi connectivity index (χ3n) is 6.59. The summed E-state index contributed by atoms with van der Waals surface area (Å²) >= 11 is 0. The quantitative estimate of drug-likeness (QED) is 0.492. The number of anilines is 1. The van der Waals surface area contributed by atoms with E-state index in [1.807, 2.05) is 13.0 Å². The van der Waals surface area contributed by atoms with Gasteiger partial charge >= 0.3 is 6.18 Å². The topological polar surface area (TPSA) is 58.3 Å². The molecule has 3 aromatic heterocycles. The van der Waals surface area contributed by atoms with E-state index in [0.29, 0.717) is 16.8 Å². The molecule has 0 radical (unpaired) electrons. The van der Waals surface area contributed by atoms with Crippen molar-refractivity contribution >= 4 is 16.7 Å². The highest BCUT2D eigenvalue weighted by Crippen LogP contribution is 2.34. The molecule has 0 spiro atoms. The first-order valence-corrected chi connectivity index (χ1v) is 11.6. The van der Waals surface area contributed by atoms with Crippen LogP contribution >= 0.6 is 0 Å². The Morgan fingerprint density at radius 1 is 1.06 bits per heavy atom. The molecule has 0 unspecified atom stereocenters. The van der Waals surface area contributed by atoms with Gasteiger partial charge in [0.2, 0.25) is 0 Å². The Morgan fingerprint density at radius 2 is 1.79 bits per heavy atom. The van der Waals surface area contributed by atoms with Crippen molar-refractivity contribution in [3.8, 4) is 0 Å². The Balaban J connectivity index is 1.24. The summed E-state index contributed by atoms with van der Waals surface area (Å²) in [5.74, 6) is 2.93. The van der Waals surface area contributed by atoms with Crippen molar-refractivity contribution in [3.63, 3.8) is 0 Å². The predicted molar refractivity (Wildman–Crippen MR) is 119 cm³/mol. The molecule has 0 bridgehead atoms. The molecule has 1 aliphatic carbocycles. The minimum atomic E-state index is -4.45. The van der Waals surface area contributed by atoms with Gasteiger partial charge in [0.25, 0.3) is 0 Å². The molecule has 6 nitrogen and oxygen atoms in total. The molecule has 5 rings (SSSR count). The maximum Gasteiger partial charge on any atom is 0.433 e. The van der Waals surface area contributed by atoms with Crippen LogP contribution in [0.2, 0.25) is 0 Å². The number of fused-ring (bicyclic) bond motifs is 1. The van der Waals surface area contributed by atoms with E-state index in [9.17, 15) is 13.2 Å². The standard InChI is InChI=1S/C24H28F3N5O/c1-16-12-19(30-33-16)15-31(13-17-2-3-17)14-18-7-10-32(11-8-18)23-20-4-5-22(24(25,26)27)29-21(20)6-9-28-23/h4-6,9,12,17-18H,2-3,7-8,10-11,13-15H2,1H3. The highest BCUT2D eigenvalue weighted by molar-refractivity contribution is 5.89. The van der Waals surface area contributed by atoms with Crippen LogP contribution in [0, 0.1) is 18.8 Å². The van der Waals surface area contributed by atoms with Crippen molar-refractivity contribution in [2.45, 2.75) is 45.3 Å². The molecule has 3 aromatic rings. The average molecular weight is 460 g/mol. The summed E-state index contributed by atoms with van der Waals surface area (Å²) in [6.45, 7) is 6.51. The number of nitrogens with zero attached hydrogens (tertiary/aromatic N) is 5. The minimum Gasteiger partial charge on any atom is -0.361 e. The number of aromatic nitrogens is 3. The Kier molecular flexibility index (Phi) is 5.99. The summed E-state index contributed by atoms with van der Waals surface area (Å²) in [5.41, 5.74) is 0.440. The number of hydrogen-bond donors (Lipinski definition) is 0. The van der Waals surface area contributed by atoms with Crippen LogP contribution in [0.3, 0.4) is 0 Å². The minimum absolute atomic E-state index is 0.329. The van der Waals surface area contributed by atoms with Gasteiger partial charge in [0.1, 0.15) is 17.3 Å². The molecule has 4 heterocycles. The summed E-state index contributed by atoms with van der Waals surface area (Å²) in [4.78, 5) is 13.0. The number of piperidine rings is 1. The smallest absolute Gasteiger partial charge is 0.361 e. The van der Waals surface area contributed by atoms with E-state index in [-0.39, 0.29) is 0 Å². The van der Waals surface area contributed by atoms with Crippen molar-refractivity contribution in [1.29, 1.82) is 0 Å². The molecule has 1 saturated heterocycles. The number of rotatable bonds is 7. The lowest BCUT2D eigenvalue weighted by Crippen LogP contribution is -2.39. The number of pyridine rings is 2. The molecule has 176 valence electrons. The zero-order valence-corrected chi connectivity index (χ0v) is 18.7. The van der Waals surface area contributed by atoms with Gasteiger partial charge in [0.05, 0.1) is 11.2 Å². The summed E-state index contributed by atoms with van der Waals surface area (Å²) < 4.78 is 44.4. The largest absolute Gasteiger partial charge is 0.433 e. The summed E-state index contributed by atoms with van der Waals surface area (Å²) in [6.07, 6.45) is 1.75. The lowest BCUT2D eigenvalue weighted by molar-refractivity contribution is -0.140. The van der Waals surface area contributed by atoms with Gasteiger partial charge in [-0.2, -0.15) is 13.2 Å². The molecule has 1 saturated carbocycles. The van der Waals surface area contributed by atoms with E-state index < -0.39 is 11.9 Å². The SMILES string of the molecule is Cc1cc(CN(CC2CC2)CC2CCN(c3nccc4nc(C(F)(F)F)ccc34)CC2)no1. The first-order chi connectivity index (χ1) is 15.8. The second-order valence-electron chi connectivity index (χ2n) is 9.39. The van der Waals surface area contributed by atoms with Gasteiger partial charge in [-0.1, -0.05) is 5.16 Å². The normalized spacial score (nSPS) is 17.9.